The second-order valence-electron chi connectivity index (χ2n) is 5.48. The number of hydrogen-bond donors (Lipinski definition) is 3. The van der Waals surface area contributed by atoms with E-state index in [4.69, 9.17) is 21.4 Å². The molecular formula is C17H17N5O4S2. The van der Waals surface area contributed by atoms with Crippen molar-refractivity contribution >= 4 is 38.9 Å². The zero-order valence-electron chi connectivity index (χ0n) is 14.7. The fourth-order valence-corrected chi connectivity index (χ4v) is 3.34. The van der Waals surface area contributed by atoms with E-state index in [-0.39, 0.29) is 16.6 Å². The molecule has 0 aliphatic rings. The van der Waals surface area contributed by atoms with E-state index in [0.29, 0.717) is 17.3 Å². The molecule has 0 bridgehead atoms. The molecule has 11 heteroatoms. The summed E-state index contributed by atoms with van der Waals surface area (Å²) in [7, 11) is -2.35. The Morgan fingerprint density at radius 1 is 1.14 bits per heavy atom. The van der Waals surface area contributed by atoms with Crippen LogP contribution in [0.5, 0.6) is 5.88 Å². The predicted molar refractivity (Wildman–Crippen MR) is 108 cm³/mol. The van der Waals surface area contributed by atoms with Crippen molar-refractivity contribution < 1.29 is 17.6 Å². The van der Waals surface area contributed by atoms with Crippen LogP contribution in [0, 0.1) is 0 Å². The standard InChI is InChI=1S/C17H17N5O4S2/c1-25-16-9-8-15(20-21-16)22-28(23,24)14-6-4-12(5-7-14)19-17(27)18-11-13-3-2-10-26-13/h2-10H,11H2,1H3,(H,20,22)(H2,18,19,27). The molecule has 0 radical (unpaired) electrons. The van der Waals surface area contributed by atoms with Crippen molar-refractivity contribution in [1.82, 2.24) is 15.5 Å². The summed E-state index contributed by atoms with van der Waals surface area (Å²) in [6.45, 7) is 0.443. The van der Waals surface area contributed by atoms with Gasteiger partial charge in [-0.2, -0.15) is 0 Å². The van der Waals surface area contributed by atoms with Crippen LogP contribution in [0.1, 0.15) is 5.76 Å². The highest BCUT2D eigenvalue weighted by Gasteiger charge is 2.15. The van der Waals surface area contributed by atoms with E-state index in [1.54, 1.807) is 24.5 Å². The highest BCUT2D eigenvalue weighted by Crippen LogP contribution is 2.17. The van der Waals surface area contributed by atoms with Gasteiger partial charge in [-0.1, -0.05) is 0 Å². The van der Waals surface area contributed by atoms with Crippen LogP contribution in [0.4, 0.5) is 11.5 Å². The zero-order chi connectivity index (χ0) is 20.0. The van der Waals surface area contributed by atoms with Crippen LogP contribution in [-0.2, 0) is 16.6 Å². The first-order valence-electron chi connectivity index (χ1n) is 8.04. The summed E-state index contributed by atoms with van der Waals surface area (Å²) in [5.74, 6) is 1.12. The maximum atomic E-state index is 12.4. The number of furan rings is 1. The third-order valence-corrected chi connectivity index (χ3v) is 5.13. The van der Waals surface area contributed by atoms with Crippen LogP contribution in [0.25, 0.3) is 0 Å². The highest BCUT2D eigenvalue weighted by atomic mass is 32.2. The van der Waals surface area contributed by atoms with Gasteiger partial charge in [-0.3, -0.25) is 4.72 Å². The van der Waals surface area contributed by atoms with Crippen molar-refractivity contribution in [3.05, 3.63) is 60.6 Å². The van der Waals surface area contributed by atoms with Crippen molar-refractivity contribution in [2.24, 2.45) is 0 Å². The van der Waals surface area contributed by atoms with Gasteiger partial charge in [0.05, 0.1) is 24.8 Å². The van der Waals surface area contributed by atoms with Crippen LogP contribution in [0.3, 0.4) is 0 Å². The fourth-order valence-electron chi connectivity index (χ4n) is 2.15. The SMILES string of the molecule is COc1ccc(NS(=O)(=O)c2ccc(NC(=S)NCc3ccco3)cc2)nn1. The molecule has 0 fully saturated rings. The number of hydrogen-bond acceptors (Lipinski definition) is 7. The Morgan fingerprint density at radius 3 is 2.54 bits per heavy atom. The molecule has 0 atom stereocenters. The van der Waals surface area contributed by atoms with E-state index < -0.39 is 10.0 Å². The molecule has 2 aromatic heterocycles. The van der Waals surface area contributed by atoms with E-state index in [1.807, 2.05) is 6.07 Å². The number of anilines is 2. The molecule has 0 aliphatic heterocycles. The topological polar surface area (TPSA) is 118 Å². The van der Waals surface area contributed by atoms with Gasteiger partial charge in [0.1, 0.15) is 5.76 Å². The number of sulfonamides is 1. The lowest BCUT2D eigenvalue weighted by molar-refractivity contribution is 0.392. The van der Waals surface area contributed by atoms with E-state index in [1.165, 1.54) is 31.4 Å². The average molecular weight is 419 g/mol. The van der Waals surface area contributed by atoms with Crippen LogP contribution >= 0.6 is 12.2 Å². The van der Waals surface area contributed by atoms with Crippen molar-refractivity contribution in [2.75, 3.05) is 17.1 Å². The van der Waals surface area contributed by atoms with Crippen molar-refractivity contribution in [2.45, 2.75) is 11.4 Å². The molecule has 0 unspecified atom stereocenters. The molecule has 3 rings (SSSR count). The normalized spacial score (nSPS) is 10.9. The second kappa shape index (κ2) is 8.67. The van der Waals surface area contributed by atoms with Crippen molar-refractivity contribution in [3.8, 4) is 5.88 Å². The Bertz CT molecular complexity index is 1020. The molecule has 0 spiro atoms. The summed E-state index contributed by atoms with van der Waals surface area (Å²) >= 11 is 5.20. The van der Waals surface area contributed by atoms with Gasteiger partial charge in [-0.05, 0) is 54.7 Å². The predicted octanol–water partition coefficient (Wildman–Crippen LogP) is 2.37. The number of ether oxygens (including phenoxy) is 1. The summed E-state index contributed by atoms with van der Waals surface area (Å²) < 4.78 is 37.3. The summed E-state index contributed by atoms with van der Waals surface area (Å²) in [5.41, 5.74) is 0.639. The minimum absolute atomic E-state index is 0.0742. The molecule has 1 aromatic carbocycles. The fraction of sp³-hybridized carbons (Fsp3) is 0.118. The molecule has 146 valence electrons. The number of nitrogens with zero attached hydrogens (tertiary/aromatic N) is 2. The van der Waals surface area contributed by atoms with E-state index in [9.17, 15) is 8.42 Å². The Morgan fingerprint density at radius 2 is 1.93 bits per heavy atom. The van der Waals surface area contributed by atoms with Crippen molar-refractivity contribution in [1.29, 1.82) is 0 Å². The van der Waals surface area contributed by atoms with Crippen molar-refractivity contribution in [3.63, 3.8) is 0 Å². The average Bonchev–Trinajstić information content (AvgIpc) is 3.21. The largest absolute Gasteiger partial charge is 0.480 e. The van der Waals surface area contributed by atoms with Gasteiger partial charge in [0, 0.05) is 11.8 Å². The molecule has 0 aliphatic carbocycles. The molecule has 28 heavy (non-hydrogen) atoms. The van der Waals surface area contributed by atoms with Crippen LogP contribution < -0.4 is 20.1 Å². The number of thiocarbonyl (C=S) groups is 1. The maximum Gasteiger partial charge on any atom is 0.263 e. The van der Waals surface area contributed by atoms with Gasteiger partial charge >= 0.3 is 0 Å². The Hall–Kier alpha value is -3.18. The highest BCUT2D eigenvalue weighted by molar-refractivity contribution is 7.92. The van der Waals surface area contributed by atoms with Crippen LogP contribution in [0.15, 0.2) is 64.1 Å². The first-order chi connectivity index (χ1) is 13.5. The number of benzene rings is 1. The van der Waals surface area contributed by atoms with Gasteiger partial charge < -0.3 is 19.8 Å². The lowest BCUT2D eigenvalue weighted by atomic mass is 10.3. The Balaban J connectivity index is 1.59. The van der Waals surface area contributed by atoms with Crippen LogP contribution in [0.2, 0.25) is 0 Å². The monoisotopic (exact) mass is 419 g/mol. The molecule has 0 amide bonds. The van der Waals surface area contributed by atoms with E-state index in [0.717, 1.165) is 5.76 Å². The van der Waals surface area contributed by atoms with Crippen LogP contribution in [-0.4, -0.2) is 30.8 Å². The lowest BCUT2D eigenvalue weighted by Gasteiger charge is -2.11. The quantitative estimate of drug-likeness (QED) is 0.496. The molecular weight excluding hydrogens is 402 g/mol. The Kier molecular flexibility index (Phi) is 6.06. The first kappa shape index (κ1) is 19.6. The second-order valence-corrected chi connectivity index (χ2v) is 7.57. The smallest absolute Gasteiger partial charge is 0.263 e. The summed E-state index contributed by atoms with van der Waals surface area (Å²) in [5, 5.41) is 13.8. The molecule has 3 aromatic rings. The maximum absolute atomic E-state index is 12.4. The third kappa shape index (κ3) is 5.18. The van der Waals surface area contributed by atoms with Gasteiger partial charge in [0.25, 0.3) is 10.0 Å². The minimum atomic E-state index is -3.80. The van der Waals surface area contributed by atoms with E-state index >= 15 is 0 Å². The molecule has 2 heterocycles. The Labute approximate surface area is 167 Å². The van der Waals surface area contributed by atoms with Gasteiger partial charge in [0.2, 0.25) is 5.88 Å². The first-order valence-corrected chi connectivity index (χ1v) is 9.93. The lowest BCUT2D eigenvalue weighted by Crippen LogP contribution is -2.27. The van der Waals surface area contributed by atoms with E-state index in [2.05, 4.69) is 25.6 Å². The number of nitrogens with one attached hydrogen (secondary N) is 3. The third-order valence-electron chi connectivity index (χ3n) is 3.51. The van der Waals surface area contributed by atoms with Gasteiger partial charge in [-0.15, -0.1) is 10.2 Å². The minimum Gasteiger partial charge on any atom is -0.480 e. The number of aromatic nitrogens is 2. The zero-order valence-corrected chi connectivity index (χ0v) is 16.4. The summed E-state index contributed by atoms with van der Waals surface area (Å²) in [6.07, 6.45) is 1.58. The van der Waals surface area contributed by atoms with Gasteiger partial charge in [-0.25, -0.2) is 8.42 Å². The molecule has 9 nitrogen and oxygen atoms in total. The number of rotatable bonds is 7. The molecule has 0 saturated carbocycles. The summed E-state index contributed by atoms with van der Waals surface area (Å²) in [6, 6.07) is 12.7. The molecule has 0 saturated heterocycles. The number of methoxy groups -OCH3 is 1. The van der Waals surface area contributed by atoms with Gasteiger partial charge in [0.15, 0.2) is 10.9 Å². The summed E-state index contributed by atoms with van der Waals surface area (Å²) in [4.78, 5) is 0.0742. The molecule has 3 N–H and O–H groups in total.